The Bertz CT molecular complexity index is 2290. The third kappa shape index (κ3) is 62.0. The standard InChI is InChI=1S/C36H75O7P3S6.C33H69O8P3S6/c1-12-14-16-18-20-22-24-35(51-45(48,40-30(3)4)41-31(5)6)28-38-44(47,50-27-26-34(11)37)39-29-36(25-23-21-19-17-15-13-2)52-46(49,42-32(7)8)43-33(9)10;1-23(2)17-27(9)38-43(46,39-28(10)18-24(3)4)49-31(13)21-36-42(45,48-16-15-33(34)35)37-22-32(14)50-44(47,40-29(11)19-25(5)6)41-30(12)20-26(7)8/h30-33,35-36H,12-29H2,1-11H3;23-32H,15-22H2,1-14H3,(H,34,35). The van der Waals surface area contributed by atoms with Crippen LogP contribution in [0.2, 0.25) is 0 Å². The highest BCUT2D eigenvalue weighted by Crippen LogP contribution is 2.70. The summed E-state index contributed by atoms with van der Waals surface area (Å²) in [5.41, 5.74) is -16.6. The van der Waals surface area contributed by atoms with Crippen LogP contribution in [-0.2, 0) is 135 Å². The Balaban J connectivity index is 0. The van der Waals surface area contributed by atoms with Crippen molar-refractivity contribution < 1.29 is 69.0 Å². The van der Waals surface area contributed by atoms with Gasteiger partial charge in [-0.3, -0.25) is 9.59 Å². The van der Waals surface area contributed by atoms with Crippen molar-refractivity contribution in [3.8, 4) is 0 Å². The molecule has 0 rings (SSSR count). The number of aliphatic carboxylic acids is 1. The molecule has 33 heteroatoms. The number of hydrogen-bond donors (Lipinski definition) is 1. The van der Waals surface area contributed by atoms with Crippen LogP contribution in [0.1, 0.15) is 302 Å². The Morgan fingerprint density at radius 1 is 0.343 bits per heavy atom. The molecule has 0 saturated carbocycles. The van der Waals surface area contributed by atoms with Gasteiger partial charge in [-0.1, -0.05) is 228 Å². The van der Waals surface area contributed by atoms with Gasteiger partial charge >= 0.3 is 5.97 Å². The Labute approximate surface area is 680 Å². The molecule has 8 unspecified atom stereocenters. The maximum Gasteiger partial charge on any atom is 0.304 e. The first-order valence-electron chi connectivity index (χ1n) is 37.6. The lowest BCUT2D eigenvalue weighted by Crippen LogP contribution is -2.17. The van der Waals surface area contributed by atoms with Gasteiger partial charge in [0.2, 0.25) is 34.2 Å². The van der Waals surface area contributed by atoms with E-state index in [9.17, 15) is 14.7 Å². The molecular weight excluding hydrogens is 1640 g/mol. The van der Waals surface area contributed by atoms with Crippen LogP contribution in [0.25, 0.3) is 0 Å². The number of Topliss-reactive ketones (excluding diaryl/α,β-unsaturated/α-hetero) is 1. The smallest absolute Gasteiger partial charge is 0.304 e. The fourth-order valence-corrected chi connectivity index (χ4v) is 46.4. The molecule has 0 heterocycles. The van der Waals surface area contributed by atoms with Crippen molar-refractivity contribution in [1.29, 1.82) is 0 Å². The lowest BCUT2D eigenvalue weighted by atomic mass is 10.1. The van der Waals surface area contributed by atoms with Crippen LogP contribution in [-0.4, -0.2) is 125 Å². The van der Waals surface area contributed by atoms with E-state index in [-0.39, 0.29) is 101 Å². The summed E-state index contributed by atoms with van der Waals surface area (Å²) in [6, 6.07) is 0. The summed E-state index contributed by atoms with van der Waals surface area (Å²) in [5.74, 6) is 1.93. The normalized spacial score (nSPS) is 17.5. The number of hydrogen-bond acceptors (Lipinski definition) is 26. The van der Waals surface area contributed by atoms with Crippen LogP contribution >= 0.6 is 102 Å². The Morgan fingerprint density at radius 3 is 0.853 bits per heavy atom. The Hall–Kier alpha value is 4.66. The molecule has 0 saturated heterocycles. The zero-order valence-corrected chi connectivity index (χ0v) is 82.5. The number of rotatable bonds is 66. The van der Waals surface area contributed by atoms with Gasteiger partial charge in [0, 0.05) is 38.9 Å². The molecule has 0 bridgehead atoms. The van der Waals surface area contributed by atoms with E-state index in [4.69, 9.17) is 125 Å². The zero-order valence-electron chi connectivity index (χ0n) is 67.4. The topological polar surface area (TPSA) is 165 Å². The van der Waals surface area contributed by atoms with Crippen LogP contribution in [0.3, 0.4) is 0 Å². The average Bonchev–Trinajstić information content (AvgIpc) is 0.865. The lowest BCUT2D eigenvalue weighted by Gasteiger charge is -2.32. The summed E-state index contributed by atoms with van der Waals surface area (Å²) >= 11 is 45.6. The summed E-state index contributed by atoms with van der Waals surface area (Å²) in [4.78, 5) is 23.3. The Kier molecular flexibility index (Phi) is 64.2. The molecular formula is C69H144O15P6S12. The van der Waals surface area contributed by atoms with Gasteiger partial charge in [-0.15, -0.1) is 0 Å². The predicted octanol–water partition coefficient (Wildman–Crippen LogP) is 27.8. The molecule has 0 aliphatic carbocycles. The number of carbonyl (C=O) groups excluding carboxylic acids is 1. The van der Waals surface area contributed by atoms with E-state index in [0.29, 0.717) is 49.1 Å². The van der Waals surface area contributed by atoms with Crippen LogP contribution in [0.15, 0.2) is 0 Å². The number of carbonyl (C=O) groups is 2. The molecule has 0 aromatic rings. The molecule has 0 radical (unpaired) electrons. The monoisotopic (exact) mass is 1780 g/mol. The van der Waals surface area contributed by atoms with Crippen molar-refractivity contribution in [2.24, 2.45) is 23.7 Å². The van der Waals surface area contributed by atoms with Crippen LogP contribution in [0.5, 0.6) is 0 Å². The lowest BCUT2D eigenvalue weighted by molar-refractivity contribution is -0.136. The van der Waals surface area contributed by atoms with Crippen molar-refractivity contribution in [1.82, 2.24) is 0 Å². The van der Waals surface area contributed by atoms with E-state index < -0.39 is 40.1 Å². The SMILES string of the molecule is CC(C)CC(C)OP(=S)(OC(C)CC(C)C)SC(C)COP(=S)(OCC(C)SP(=S)(OC(C)CC(C)C)OC(C)CC(C)C)SCCC(=O)O.CCCCCCCCC(COP(=S)(OCC(CCCCCCCC)SP(=S)(OC(C)C)OC(C)C)SCCC(C)=O)SP(=S)(OC(C)C)OC(C)C. The Morgan fingerprint density at radius 2 is 0.598 bits per heavy atom. The summed E-state index contributed by atoms with van der Waals surface area (Å²) in [6.07, 6.45) is 19.8. The van der Waals surface area contributed by atoms with Gasteiger partial charge in [-0.05, 0) is 223 Å². The first-order chi connectivity index (χ1) is 47.2. The van der Waals surface area contributed by atoms with Gasteiger partial charge in [0.25, 0.3) is 0 Å². The first-order valence-corrected chi connectivity index (χ1v) is 62.6. The number of carboxylic acids is 1. The summed E-state index contributed by atoms with van der Waals surface area (Å²) in [7, 11) is 0. The van der Waals surface area contributed by atoms with Gasteiger partial charge in [0.1, 0.15) is 5.78 Å². The maximum atomic E-state index is 12.0. The average molecular weight is 1780 g/mol. The summed E-state index contributed by atoms with van der Waals surface area (Å²) in [6.45, 7) is 53.0. The third-order valence-corrected chi connectivity index (χ3v) is 47.3. The van der Waals surface area contributed by atoms with Gasteiger partial charge in [-0.25, -0.2) is 0 Å². The number of carboxylic acid groups (broad SMARTS) is 1. The van der Waals surface area contributed by atoms with E-state index in [0.717, 1.165) is 64.2 Å². The summed E-state index contributed by atoms with van der Waals surface area (Å²) in [5, 5.41) is 9.18. The second-order valence-corrected chi connectivity index (χ2v) is 68.1. The predicted molar refractivity (Wildman–Crippen MR) is 480 cm³/mol. The highest BCUT2D eigenvalue weighted by molar-refractivity contribution is 8.70. The quantitative estimate of drug-likeness (QED) is 0.0451. The highest BCUT2D eigenvalue weighted by atomic mass is 32.9. The highest BCUT2D eigenvalue weighted by Gasteiger charge is 2.36. The molecule has 0 amide bonds. The van der Waals surface area contributed by atoms with Crippen molar-refractivity contribution in [2.75, 3.05) is 37.9 Å². The molecule has 0 aromatic carbocycles. The molecule has 0 spiro atoms. The van der Waals surface area contributed by atoms with Crippen molar-refractivity contribution >= 4 is 185 Å². The van der Waals surface area contributed by atoms with E-state index >= 15 is 0 Å². The number of unbranched alkanes of at least 4 members (excludes halogenated alkanes) is 10. The van der Waals surface area contributed by atoms with Crippen LogP contribution in [0.4, 0.5) is 0 Å². The van der Waals surface area contributed by atoms with Gasteiger partial charge in [0.15, 0.2) is 0 Å². The minimum absolute atomic E-state index is 0.0345. The van der Waals surface area contributed by atoms with Gasteiger partial charge in [0.05, 0.1) is 81.7 Å². The maximum absolute atomic E-state index is 12.0. The summed E-state index contributed by atoms with van der Waals surface area (Å²) < 4.78 is 77.3. The minimum Gasteiger partial charge on any atom is -0.481 e. The molecule has 612 valence electrons. The molecule has 15 nitrogen and oxygen atoms in total. The van der Waals surface area contributed by atoms with Crippen molar-refractivity contribution in [2.45, 2.75) is 371 Å². The zero-order chi connectivity index (χ0) is 78.5. The second kappa shape index (κ2) is 60.2. The molecule has 0 fully saturated rings. The van der Waals surface area contributed by atoms with E-state index in [2.05, 4.69) is 96.9 Å². The molecule has 8 atom stereocenters. The third-order valence-electron chi connectivity index (χ3n) is 13.8. The van der Waals surface area contributed by atoms with E-state index in [1.807, 2.05) is 69.2 Å². The fraction of sp³-hybridized carbons (Fsp3) is 0.971. The molecule has 0 aromatic heterocycles. The first kappa shape index (κ1) is 109. The fourth-order valence-electron chi connectivity index (χ4n) is 10.1. The number of ketones is 1. The second-order valence-electron chi connectivity index (χ2n) is 29.3. The van der Waals surface area contributed by atoms with E-state index in [1.165, 1.54) is 96.9 Å². The van der Waals surface area contributed by atoms with Gasteiger partial charge < -0.3 is 59.4 Å². The van der Waals surface area contributed by atoms with Crippen LogP contribution in [0, 0.1) is 23.7 Å². The van der Waals surface area contributed by atoms with Crippen LogP contribution < -0.4 is 0 Å². The van der Waals surface area contributed by atoms with Gasteiger partial charge in [-0.2, -0.15) is 0 Å². The molecule has 0 aliphatic heterocycles. The molecule has 0 aliphatic rings. The van der Waals surface area contributed by atoms with Crippen molar-refractivity contribution in [3.63, 3.8) is 0 Å². The largest absolute Gasteiger partial charge is 0.481 e. The molecule has 102 heavy (non-hydrogen) atoms. The van der Waals surface area contributed by atoms with E-state index in [1.54, 1.807) is 29.7 Å². The molecule has 1 N–H and O–H groups in total. The van der Waals surface area contributed by atoms with Crippen molar-refractivity contribution in [3.05, 3.63) is 0 Å². The minimum atomic E-state index is -2.95.